The molecular weight excluding hydrogens is 704 g/mol. The van der Waals surface area contributed by atoms with Crippen molar-refractivity contribution < 1.29 is 18.2 Å². The topological polar surface area (TPSA) is 57.5 Å². The van der Waals surface area contributed by atoms with Crippen molar-refractivity contribution in [1.29, 1.82) is 0 Å². The fourth-order valence-electron chi connectivity index (χ4n) is 8.00. The molecule has 5 nitrogen and oxygen atoms in total. The van der Waals surface area contributed by atoms with E-state index in [1.165, 1.54) is 5.56 Å². The SMILES string of the molecule is Cc1ccc(-n2c(-c3ccc(P4(=O)Oc5ccccc5C5=C4C=CCC5)cc3)ccc2-c2ccc(P3(=O)Oc4ccccc4-c4ccccc43)cc2)cc1. The van der Waals surface area contributed by atoms with Crippen molar-refractivity contribution in [2.45, 2.75) is 19.8 Å². The number of rotatable bonds is 5. The van der Waals surface area contributed by atoms with Crippen molar-refractivity contribution in [3.63, 3.8) is 0 Å². The fourth-order valence-corrected chi connectivity index (χ4v) is 12.6. The number of nitrogens with zero attached hydrogens (tertiary/aromatic N) is 1. The van der Waals surface area contributed by atoms with Gasteiger partial charge in [-0.2, -0.15) is 0 Å². The molecular formula is C47H35NO4P2. The van der Waals surface area contributed by atoms with Crippen LogP contribution in [0.15, 0.2) is 175 Å². The maximum atomic E-state index is 14.8. The second kappa shape index (κ2) is 12.6. The van der Waals surface area contributed by atoms with Crippen LogP contribution in [0.3, 0.4) is 0 Å². The van der Waals surface area contributed by atoms with Crippen LogP contribution in [0.25, 0.3) is 44.9 Å². The Balaban J connectivity index is 1.04. The first kappa shape index (κ1) is 32.8. The largest absolute Gasteiger partial charge is 0.436 e. The summed E-state index contributed by atoms with van der Waals surface area (Å²) in [5, 5.41) is 2.82. The summed E-state index contributed by atoms with van der Waals surface area (Å²) in [6.07, 6.45) is 5.85. The smallest absolute Gasteiger partial charge is 0.307 e. The van der Waals surface area contributed by atoms with Gasteiger partial charge in [0.2, 0.25) is 0 Å². The van der Waals surface area contributed by atoms with Crippen LogP contribution in [0.1, 0.15) is 24.0 Å². The van der Waals surface area contributed by atoms with E-state index in [0.29, 0.717) is 27.4 Å². The summed E-state index contributed by atoms with van der Waals surface area (Å²) in [6.45, 7) is 2.08. The lowest BCUT2D eigenvalue weighted by atomic mass is 9.96. The summed E-state index contributed by atoms with van der Waals surface area (Å²) in [5.41, 5.74) is 10.2. The Kier molecular flexibility index (Phi) is 7.66. The highest BCUT2D eigenvalue weighted by atomic mass is 31.2. The van der Waals surface area contributed by atoms with Crippen LogP contribution in [0.2, 0.25) is 0 Å². The molecule has 3 heterocycles. The van der Waals surface area contributed by atoms with E-state index in [9.17, 15) is 9.13 Å². The maximum Gasteiger partial charge on any atom is 0.307 e. The van der Waals surface area contributed by atoms with E-state index in [1.807, 2.05) is 121 Å². The lowest BCUT2D eigenvalue weighted by molar-refractivity contribution is 0.496. The molecule has 0 radical (unpaired) electrons. The lowest BCUT2D eigenvalue weighted by Gasteiger charge is -2.31. The minimum atomic E-state index is -3.41. The van der Waals surface area contributed by atoms with E-state index in [1.54, 1.807) is 0 Å². The van der Waals surface area contributed by atoms with Crippen LogP contribution in [-0.2, 0) is 9.13 Å². The first-order valence-electron chi connectivity index (χ1n) is 18.2. The number of para-hydroxylation sites is 2. The highest BCUT2D eigenvalue weighted by molar-refractivity contribution is 7.75. The Bertz CT molecular complexity index is 2780. The van der Waals surface area contributed by atoms with E-state index in [2.05, 4.69) is 60.0 Å². The third kappa shape index (κ3) is 5.15. The molecule has 0 amide bonds. The van der Waals surface area contributed by atoms with Crippen LogP contribution >= 0.6 is 14.7 Å². The van der Waals surface area contributed by atoms with Gasteiger partial charge in [-0.25, -0.2) is 0 Å². The molecule has 54 heavy (non-hydrogen) atoms. The van der Waals surface area contributed by atoms with Crippen LogP contribution in [-0.4, -0.2) is 4.57 Å². The molecule has 1 aromatic heterocycles. The Labute approximate surface area is 314 Å². The van der Waals surface area contributed by atoms with Gasteiger partial charge in [-0.15, -0.1) is 0 Å². The molecule has 0 saturated carbocycles. The van der Waals surface area contributed by atoms with Gasteiger partial charge >= 0.3 is 14.7 Å². The van der Waals surface area contributed by atoms with Gasteiger partial charge in [0.05, 0.1) is 32.6 Å². The molecule has 7 aromatic rings. The molecule has 6 aromatic carbocycles. The molecule has 0 spiro atoms. The van der Waals surface area contributed by atoms with Crippen molar-refractivity contribution in [3.05, 3.63) is 186 Å². The van der Waals surface area contributed by atoms with Gasteiger partial charge in [0, 0.05) is 16.8 Å². The molecule has 2 unspecified atom stereocenters. The number of hydrogen-bond donors (Lipinski definition) is 0. The van der Waals surface area contributed by atoms with Crippen LogP contribution in [0.5, 0.6) is 11.5 Å². The number of aryl methyl sites for hydroxylation is 1. The molecule has 2 aliphatic heterocycles. The summed E-state index contributed by atoms with van der Waals surface area (Å²) < 4.78 is 44.7. The highest BCUT2D eigenvalue weighted by Gasteiger charge is 2.40. The molecule has 10 rings (SSSR count). The van der Waals surface area contributed by atoms with Crippen LogP contribution in [0, 0.1) is 6.92 Å². The summed E-state index contributed by atoms with van der Waals surface area (Å²) in [7, 11) is -6.78. The number of allylic oxidation sites excluding steroid dienone is 4. The second-order valence-corrected chi connectivity index (χ2v) is 18.5. The monoisotopic (exact) mass is 739 g/mol. The van der Waals surface area contributed by atoms with Crippen molar-refractivity contribution in [2.75, 3.05) is 0 Å². The van der Waals surface area contributed by atoms with E-state index in [4.69, 9.17) is 9.05 Å². The van der Waals surface area contributed by atoms with Crippen molar-refractivity contribution in [3.8, 4) is 50.8 Å². The van der Waals surface area contributed by atoms with E-state index in [0.717, 1.165) is 68.6 Å². The number of fused-ring (bicyclic) bond motifs is 5. The number of aromatic nitrogens is 1. The van der Waals surface area contributed by atoms with Crippen molar-refractivity contribution in [2.24, 2.45) is 0 Å². The maximum absolute atomic E-state index is 14.8. The quantitative estimate of drug-likeness (QED) is 0.165. The Hall–Kier alpha value is -5.86. The first-order valence-corrected chi connectivity index (χ1v) is 21.4. The second-order valence-electron chi connectivity index (χ2n) is 14.0. The summed E-state index contributed by atoms with van der Waals surface area (Å²) in [4.78, 5) is 0. The van der Waals surface area contributed by atoms with Gasteiger partial charge in [-0.1, -0.05) is 109 Å². The zero-order valence-electron chi connectivity index (χ0n) is 29.6. The molecule has 262 valence electrons. The normalized spacial score (nSPS) is 19.5. The molecule has 2 atom stereocenters. The van der Waals surface area contributed by atoms with E-state index >= 15 is 0 Å². The van der Waals surface area contributed by atoms with Crippen LogP contribution < -0.4 is 25.0 Å². The number of hydrogen-bond acceptors (Lipinski definition) is 4. The number of benzene rings is 6. The predicted molar refractivity (Wildman–Crippen MR) is 220 cm³/mol. The summed E-state index contributed by atoms with van der Waals surface area (Å²) in [5.74, 6) is 1.31. The zero-order valence-corrected chi connectivity index (χ0v) is 31.3. The highest BCUT2D eigenvalue weighted by Crippen LogP contribution is 2.62. The standard InChI is InChI=1S/C47H35NO4P2/c1-32-18-24-35(25-19-32)48-42(33-20-26-36(27-21-33)53(49)46-16-8-4-12-40(46)38-10-2-6-14-44(38)51-53)30-31-43(48)34-22-28-37(29-23-34)54(50)47-17-9-5-13-41(47)39-11-3-7-15-45(39)52-54/h2-4,6-12,14-31H,5,13H2,1H3. The van der Waals surface area contributed by atoms with Crippen LogP contribution in [0.4, 0.5) is 0 Å². The fraction of sp³-hybridized carbons (Fsp3) is 0.0638. The first-order chi connectivity index (χ1) is 26.4. The summed E-state index contributed by atoms with van der Waals surface area (Å²) in [6, 6.07) is 52.2. The molecule has 0 bridgehead atoms. The minimum Gasteiger partial charge on any atom is -0.436 e. The summed E-state index contributed by atoms with van der Waals surface area (Å²) >= 11 is 0. The average molecular weight is 740 g/mol. The van der Waals surface area contributed by atoms with Gasteiger partial charge in [-0.3, -0.25) is 9.13 Å². The van der Waals surface area contributed by atoms with Gasteiger partial charge in [-0.05, 0) is 109 Å². The molecule has 7 heteroatoms. The molecule has 0 N–H and O–H groups in total. The van der Waals surface area contributed by atoms with E-state index < -0.39 is 14.7 Å². The predicted octanol–water partition coefficient (Wildman–Crippen LogP) is 11.5. The Morgan fingerprint density at radius 3 is 1.74 bits per heavy atom. The molecule has 3 aliphatic rings. The molecule has 0 saturated heterocycles. The lowest BCUT2D eigenvalue weighted by Crippen LogP contribution is -2.25. The van der Waals surface area contributed by atoms with Gasteiger partial charge in [0.1, 0.15) is 11.5 Å². The Morgan fingerprint density at radius 2 is 1.07 bits per heavy atom. The van der Waals surface area contributed by atoms with Gasteiger partial charge < -0.3 is 13.6 Å². The van der Waals surface area contributed by atoms with Crippen molar-refractivity contribution >= 4 is 36.2 Å². The molecule has 0 fully saturated rings. The van der Waals surface area contributed by atoms with Gasteiger partial charge in [0.25, 0.3) is 0 Å². The Morgan fingerprint density at radius 1 is 0.537 bits per heavy atom. The van der Waals surface area contributed by atoms with Gasteiger partial charge in [0.15, 0.2) is 0 Å². The molecule has 1 aliphatic carbocycles. The third-order valence-corrected chi connectivity index (χ3v) is 15.6. The minimum absolute atomic E-state index is 0.629. The average Bonchev–Trinajstić information content (AvgIpc) is 3.67. The third-order valence-electron chi connectivity index (χ3n) is 10.7. The van der Waals surface area contributed by atoms with E-state index in [-0.39, 0.29) is 0 Å². The zero-order chi connectivity index (χ0) is 36.4. The van der Waals surface area contributed by atoms with Crippen molar-refractivity contribution in [1.82, 2.24) is 4.57 Å².